The van der Waals surface area contributed by atoms with Crippen LogP contribution in [0.15, 0.2) is 24.3 Å². The van der Waals surface area contributed by atoms with E-state index in [1.165, 1.54) is 0 Å². The molecule has 0 N–H and O–H groups in total. The number of nitrogens with zero attached hydrogens (tertiary/aromatic N) is 1. The van der Waals surface area contributed by atoms with Crippen molar-refractivity contribution in [1.82, 2.24) is 4.90 Å². The second-order valence-electron chi connectivity index (χ2n) is 2.97. The predicted molar refractivity (Wildman–Crippen MR) is 60.4 cm³/mol. The van der Waals surface area contributed by atoms with Gasteiger partial charge in [-0.2, -0.15) is 0 Å². The van der Waals surface area contributed by atoms with Crippen LogP contribution in [0.4, 0.5) is 4.79 Å². The van der Waals surface area contributed by atoms with Gasteiger partial charge in [-0.25, -0.2) is 4.79 Å². The van der Waals surface area contributed by atoms with Crippen LogP contribution in [0.2, 0.25) is 5.02 Å². The van der Waals surface area contributed by atoms with Crippen LogP contribution in [0.5, 0.6) is 5.75 Å². The Balaban J connectivity index is 2.70. The van der Waals surface area contributed by atoms with Crippen LogP contribution in [0.1, 0.15) is 13.8 Å². The van der Waals surface area contributed by atoms with Crippen LogP contribution in [-0.2, 0) is 0 Å². The minimum Gasteiger partial charge on any atom is -0.409 e. The molecule has 1 amide bonds. The second-order valence-corrected chi connectivity index (χ2v) is 3.38. The largest absolute Gasteiger partial charge is 0.415 e. The third-order valence-corrected chi connectivity index (χ3v) is 2.37. The summed E-state index contributed by atoms with van der Waals surface area (Å²) >= 11 is 5.86. The Morgan fingerprint density at radius 1 is 1.33 bits per heavy atom. The quantitative estimate of drug-likeness (QED) is 0.794. The van der Waals surface area contributed by atoms with Gasteiger partial charge in [0.15, 0.2) is 5.75 Å². The topological polar surface area (TPSA) is 29.5 Å². The first-order chi connectivity index (χ1) is 7.19. The lowest BCUT2D eigenvalue weighted by molar-refractivity contribution is 0.157. The van der Waals surface area contributed by atoms with Crippen LogP contribution in [-0.4, -0.2) is 24.1 Å². The lowest BCUT2D eigenvalue weighted by atomic mass is 10.3. The number of benzene rings is 1. The zero-order chi connectivity index (χ0) is 11.3. The summed E-state index contributed by atoms with van der Waals surface area (Å²) in [6.45, 7) is 5.05. The molecule has 0 saturated heterocycles. The minimum atomic E-state index is -0.367. The summed E-state index contributed by atoms with van der Waals surface area (Å²) in [5.41, 5.74) is 0. The third-order valence-electron chi connectivity index (χ3n) is 2.06. The number of ether oxygens (including phenoxy) is 1. The van der Waals surface area contributed by atoms with E-state index >= 15 is 0 Å². The summed E-state index contributed by atoms with van der Waals surface area (Å²) < 4.78 is 5.14. The van der Waals surface area contributed by atoms with E-state index in [-0.39, 0.29) is 6.09 Å². The minimum absolute atomic E-state index is 0.367. The maximum atomic E-state index is 11.6. The van der Waals surface area contributed by atoms with Gasteiger partial charge in [-0.3, -0.25) is 0 Å². The standard InChI is InChI=1S/C11H14ClNO2/c1-3-13(4-2)11(14)15-10-8-6-5-7-9(10)12/h5-8H,3-4H2,1-2H3. The molecule has 1 aromatic rings. The monoisotopic (exact) mass is 227 g/mol. The molecular formula is C11H14ClNO2. The zero-order valence-electron chi connectivity index (χ0n) is 8.87. The normalized spacial score (nSPS) is 9.80. The number of rotatable bonds is 3. The predicted octanol–water partition coefficient (Wildman–Crippen LogP) is 3.18. The van der Waals surface area contributed by atoms with E-state index in [0.717, 1.165) is 0 Å². The molecule has 4 heteroatoms. The molecule has 1 aromatic carbocycles. The Labute approximate surface area is 94.6 Å². The Bertz CT molecular complexity index is 337. The van der Waals surface area contributed by atoms with Crippen molar-refractivity contribution < 1.29 is 9.53 Å². The van der Waals surface area contributed by atoms with Crippen LogP contribution in [0.25, 0.3) is 0 Å². The molecule has 0 bridgehead atoms. The molecule has 0 radical (unpaired) electrons. The molecule has 0 atom stereocenters. The summed E-state index contributed by atoms with van der Waals surface area (Å²) in [4.78, 5) is 13.2. The lowest BCUT2D eigenvalue weighted by Gasteiger charge is -2.18. The summed E-state index contributed by atoms with van der Waals surface area (Å²) in [5, 5.41) is 0.443. The first kappa shape index (κ1) is 11.9. The number of carbonyl (C=O) groups is 1. The highest BCUT2D eigenvalue weighted by molar-refractivity contribution is 6.32. The van der Waals surface area contributed by atoms with E-state index < -0.39 is 0 Å². The Kier molecular flexibility index (Phi) is 4.43. The molecule has 0 aliphatic heterocycles. The van der Waals surface area contributed by atoms with Crippen LogP contribution in [0, 0.1) is 0 Å². The third kappa shape index (κ3) is 3.13. The van der Waals surface area contributed by atoms with Gasteiger partial charge in [-0.1, -0.05) is 23.7 Å². The summed E-state index contributed by atoms with van der Waals surface area (Å²) in [6, 6.07) is 6.92. The highest BCUT2D eigenvalue weighted by Gasteiger charge is 2.13. The van der Waals surface area contributed by atoms with Crippen molar-refractivity contribution in [1.29, 1.82) is 0 Å². The highest BCUT2D eigenvalue weighted by Crippen LogP contribution is 2.23. The Morgan fingerprint density at radius 2 is 1.93 bits per heavy atom. The van der Waals surface area contributed by atoms with E-state index in [9.17, 15) is 4.79 Å². The van der Waals surface area contributed by atoms with Crippen molar-refractivity contribution >= 4 is 17.7 Å². The molecule has 0 aromatic heterocycles. The van der Waals surface area contributed by atoms with Gasteiger partial charge in [0, 0.05) is 13.1 Å². The van der Waals surface area contributed by atoms with E-state index in [1.54, 1.807) is 29.2 Å². The first-order valence-electron chi connectivity index (χ1n) is 4.90. The van der Waals surface area contributed by atoms with Crippen molar-refractivity contribution in [3.63, 3.8) is 0 Å². The maximum Gasteiger partial charge on any atom is 0.415 e. The van der Waals surface area contributed by atoms with Gasteiger partial charge >= 0.3 is 6.09 Å². The second kappa shape index (κ2) is 5.61. The van der Waals surface area contributed by atoms with Crippen molar-refractivity contribution in [3.8, 4) is 5.75 Å². The fraction of sp³-hybridized carbons (Fsp3) is 0.364. The van der Waals surface area contributed by atoms with Crippen LogP contribution >= 0.6 is 11.6 Å². The summed E-state index contributed by atoms with van der Waals surface area (Å²) in [6.07, 6.45) is -0.367. The van der Waals surface area contributed by atoms with Gasteiger partial charge in [0.05, 0.1) is 5.02 Å². The molecule has 0 unspecified atom stereocenters. The number of hydrogen-bond donors (Lipinski definition) is 0. The fourth-order valence-corrected chi connectivity index (χ4v) is 1.34. The van der Waals surface area contributed by atoms with Gasteiger partial charge in [0.25, 0.3) is 0 Å². The zero-order valence-corrected chi connectivity index (χ0v) is 9.62. The molecule has 0 fully saturated rings. The van der Waals surface area contributed by atoms with Crippen LogP contribution < -0.4 is 4.74 Å². The molecule has 15 heavy (non-hydrogen) atoms. The molecule has 82 valence electrons. The first-order valence-corrected chi connectivity index (χ1v) is 5.28. The average molecular weight is 228 g/mol. The molecule has 0 heterocycles. The smallest absolute Gasteiger partial charge is 0.409 e. The molecule has 0 aliphatic rings. The Morgan fingerprint density at radius 3 is 2.47 bits per heavy atom. The lowest BCUT2D eigenvalue weighted by Crippen LogP contribution is -2.33. The molecular weight excluding hydrogens is 214 g/mol. The van der Waals surface area contributed by atoms with E-state index in [2.05, 4.69) is 0 Å². The number of carbonyl (C=O) groups excluding carboxylic acids is 1. The number of amides is 1. The van der Waals surface area contributed by atoms with E-state index in [1.807, 2.05) is 13.8 Å². The number of halogens is 1. The number of para-hydroxylation sites is 1. The highest BCUT2D eigenvalue weighted by atomic mass is 35.5. The van der Waals surface area contributed by atoms with Crippen molar-refractivity contribution in [2.45, 2.75) is 13.8 Å². The Hall–Kier alpha value is -1.22. The van der Waals surface area contributed by atoms with Crippen molar-refractivity contribution in [2.75, 3.05) is 13.1 Å². The van der Waals surface area contributed by atoms with E-state index in [0.29, 0.717) is 23.9 Å². The van der Waals surface area contributed by atoms with Gasteiger partial charge < -0.3 is 9.64 Å². The van der Waals surface area contributed by atoms with Gasteiger partial charge in [-0.05, 0) is 26.0 Å². The summed E-state index contributed by atoms with van der Waals surface area (Å²) in [5.74, 6) is 0.399. The van der Waals surface area contributed by atoms with Gasteiger partial charge in [0.2, 0.25) is 0 Å². The molecule has 0 spiro atoms. The molecule has 0 aliphatic carbocycles. The fourth-order valence-electron chi connectivity index (χ4n) is 1.17. The maximum absolute atomic E-state index is 11.6. The summed E-state index contributed by atoms with van der Waals surface area (Å²) in [7, 11) is 0. The van der Waals surface area contributed by atoms with Gasteiger partial charge in [-0.15, -0.1) is 0 Å². The molecule has 3 nitrogen and oxygen atoms in total. The SMILES string of the molecule is CCN(CC)C(=O)Oc1ccccc1Cl. The van der Waals surface area contributed by atoms with Crippen molar-refractivity contribution in [3.05, 3.63) is 29.3 Å². The van der Waals surface area contributed by atoms with Crippen LogP contribution in [0.3, 0.4) is 0 Å². The van der Waals surface area contributed by atoms with Gasteiger partial charge in [0.1, 0.15) is 0 Å². The number of hydrogen-bond acceptors (Lipinski definition) is 2. The average Bonchev–Trinajstić information content (AvgIpc) is 2.23. The van der Waals surface area contributed by atoms with Crippen molar-refractivity contribution in [2.24, 2.45) is 0 Å². The molecule has 1 rings (SSSR count). The van der Waals surface area contributed by atoms with E-state index in [4.69, 9.17) is 16.3 Å². The molecule has 0 saturated carbocycles.